The molecule has 6 rings (SSSR count). The molecule has 2 aliphatic carbocycles. The number of amides is 3. The zero-order chi connectivity index (χ0) is 27.3. The van der Waals surface area contributed by atoms with Gasteiger partial charge in [-0.05, 0) is 91.5 Å². The molecule has 1 aliphatic heterocycles. The molecule has 2 bridgehead atoms. The predicted octanol–water partition coefficient (Wildman–Crippen LogP) is 5.03. The summed E-state index contributed by atoms with van der Waals surface area (Å²) in [6.07, 6.45) is 1.85. The van der Waals surface area contributed by atoms with Crippen molar-refractivity contribution < 1.29 is 23.9 Å². The van der Waals surface area contributed by atoms with E-state index in [1.807, 2.05) is 50.2 Å². The summed E-state index contributed by atoms with van der Waals surface area (Å²) in [6.45, 7) is 3.39. The minimum atomic E-state index is -0.655. The monoisotopic (exact) mass is 522 g/mol. The van der Waals surface area contributed by atoms with Crippen LogP contribution in [0.1, 0.15) is 45.8 Å². The van der Waals surface area contributed by atoms with Crippen molar-refractivity contribution in [2.24, 2.45) is 23.7 Å². The number of carbonyl (C=O) groups excluding carboxylic acids is 4. The van der Waals surface area contributed by atoms with E-state index in [2.05, 4.69) is 17.4 Å². The van der Waals surface area contributed by atoms with Crippen molar-refractivity contribution in [1.29, 1.82) is 0 Å². The third kappa shape index (κ3) is 4.42. The number of anilines is 2. The van der Waals surface area contributed by atoms with Crippen LogP contribution in [0.25, 0.3) is 0 Å². The van der Waals surface area contributed by atoms with Gasteiger partial charge in [0.25, 0.3) is 5.91 Å². The van der Waals surface area contributed by atoms with Gasteiger partial charge in [0, 0.05) is 5.69 Å². The first-order chi connectivity index (χ1) is 18.8. The lowest BCUT2D eigenvalue weighted by Gasteiger charge is -2.28. The lowest BCUT2D eigenvalue weighted by atomic mass is 9.73. The van der Waals surface area contributed by atoms with E-state index in [4.69, 9.17) is 4.74 Å². The molecule has 7 heteroatoms. The highest BCUT2D eigenvalue weighted by Crippen LogP contribution is 2.61. The molecule has 5 atom stereocenters. The van der Waals surface area contributed by atoms with Crippen LogP contribution in [0.3, 0.4) is 0 Å². The van der Waals surface area contributed by atoms with E-state index >= 15 is 0 Å². The smallest absolute Gasteiger partial charge is 0.338 e. The van der Waals surface area contributed by atoms with Crippen molar-refractivity contribution in [2.75, 3.05) is 16.8 Å². The second kappa shape index (κ2) is 9.80. The predicted molar refractivity (Wildman–Crippen MR) is 146 cm³/mol. The average molecular weight is 523 g/mol. The summed E-state index contributed by atoms with van der Waals surface area (Å²) in [7, 11) is 0. The minimum Gasteiger partial charge on any atom is -0.452 e. The SMILES string of the molecule is Cc1ccc(C)c(NC(=O)COC(=O)c2ccc(N3C(=O)[C@@H]4[C@@H]5C[C@@H]([C@H]4C3=O)[C@@H](c3ccccc3)C5)cc2)c1. The number of carbonyl (C=O) groups is 4. The zero-order valence-electron chi connectivity index (χ0n) is 21.9. The van der Waals surface area contributed by atoms with Crippen LogP contribution in [0.15, 0.2) is 72.8 Å². The first-order valence-electron chi connectivity index (χ1n) is 13.4. The quantitative estimate of drug-likeness (QED) is 0.362. The maximum absolute atomic E-state index is 13.5. The van der Waals surface area contributed by atoms with E-state index in [1.165, 1.54) is 22.6 Å². The first-order valence-corrected chi connectivity index (χ1v) is 13.4. The molecule has 0 aromatic heterocycles. The fourth-order valence-electron chi connectivity index (χ4n) is 6.82. The van der Waals surface area contributed by atoms with E-state index in [0.717, 1.165) is 24.0 Å². The summed E-state index contributed by atoms with van der Waals surface area (Å²) >= 11 is 0. The van der Waals surface area contributed by atoms with E-state index in [1.54, 1.807) is 12.1 Å². The van der Waals surface area contributed by atoms with Crippen LogP contribution in [0.4, 0.5) is 11.4 Å². The number of fused-ring (bicyclic) bond motifs is 5. The fourth-order valence-corrected chi connectivity index (χ4v) is 6.82. The van der Waals surface area contributed by atoms with Crippen LogP contribution in [0.5, 0.6) is 0 Å². The Labute approximate surface area is 227 Å². The third-order valence-electron chi connectivity index (χ3n) is 8.61. The normalized spacial score (nSPS) is 25.1. The number of imide groups is 1. The lowest BCUT2D eigenvalue weighted by Crippen LogP contribution is -2.33. The molecule has 3 aromatic carbocycles. The van der Waals surface area contributed by atoms with E-state index in [-0.39, 0.29) is 41.0 Å². The van der Waals surface area contributed by atoms with Crippen LogP contribution in [-0.2, 0) is 19.1 Å². The summed E-state index contributed by atoms with van der Waals surface area (Å²) in [6, 6.07) is 22.2. The van der Waals surface area contributed by atoms with Crippen molar-refractivity contribution >= 4 is 35.1 Å². The Morgan fingerprint density at radius 3 is 2.36 bits per heavy atom. The molecule has 0 unspecified atom stereocenters. The van der Waals surface area contributed by atoms with E-state index in [9.17, 15) is 19.2 Å². The summed E-state index contributed by atoms with van der Waals surface area (Å²) in [4.78, 5) is 53.1. The van der Waals surface area contributed by atoms with E-state index in [0.29, 0.717) is 17.3 Å². The summed E-state index contributed by atoms with van der Waals surface area (Å²) in [5, 5.41) is 2.76. The van der Waals surface area contributed by atoms with Crippen LogP contribution >= 0.6 is 0 Å². The molecule has 1 N–H and O–H groups in total. The van der Waals surface area contributed by atoms with Gasteiger partial charge in [-0.2, -0.15) is 0 Å². The molecule has 2 saturated carbocycles. The number of esters is 1. The molecular weight excluding hydrogens is 492 g/mol. The van der Waals surface area contributed by atoms with Gasteiger partial charge >= 0.3 is 5.97 Å². The molecule has 39 heavy (non-hydrogen) atoms. The van der Waals surface area contributed by atoms with Crippen molar-refractivity contribution in [3.63, 3.8) is 0 Å². The molecule has 3 amide bonds. The van der Waals surface area contributed by atoms with Gasteiger partial charge in [0.1, 0.15) is 0 Å². The molecular formula is C32H30N2O5. The number of hydrogen-bond acceptors (Lipinski definition) is 5. The number of nitrogens with one attached hydrogen (secondary N) is 1. The van der Waals surface area contributed by atoms with E-state index < -0.39 is 18.5 Å². The number of benzene rings is 3. The zero-order valence-corrected chi connectivity index (χ0v) is 21.9. The van der Waals surface area contributed by atoms with Crippen LogP contribution in [0, 0.1) is 37.5 Å². The Balaban J connectivity index is 1.10. The molecule has 3 aromatic rings. The number of rotatable bonds is 6. The summed E-state index contributed by atoms with van der Waals surface area (Å²) in [5.74, 6) is -1.22. The van der Waals surface area contributed by atoms with Gasteiger partial charge in [0.2, 0.25) is 11.8 Å². The second-order valence-corrected chi connectivity index (χ2v) is 11.0. The number of nitrogens with zero attached hydrogens (tertiary/aromatic N) is 1. The van der Waals surface area contributed by atoms with Crippen molar-refractivity contribution in [2.45, 2.75) is 32.6 Å². The standard InChI is InChI=1S/C32H30N2O5/c1-18-8-9-19(2)26(14-18)33-27(35)17-39-32(38)21-10-12-23(13-11-21)34-30(36)28-22-15-24(20-6-4-3-5-7-20)25(16-22)29(28)31(34)37/h3-14,22,24-25,28-29H,15-17H2,1-2H3,(H,33,35)/t22-,24+,25+,28+,29+/m0/s1. The highest BCUT2D eigenvalue weighted by molar-refractivity contribution is 6.22. The maximum Gasteiger partial charge on any atom is 0.338 e. The van der Waals surface area contributed by atoms with Crippen LogP contribution < -0.4 is 10.2 Å². The number of ether oxygens (including phenoxy) is 1. The maximum atomic E-state index is 13.5. The molecule has 198 valence electrons. The van der Waals surface area contributed by atoms with Gasteiger partial charge in [-0.3, -0.25) is 19.3 Å². The Hall–Kier alpha value is -4.26. The summed E-state index contributed by atoms with van der Waals surface area (Å²) < 4.78 is 5.19. The first kappa shape index (κ1) is 25.0. The van der Waals surface area contributed by atoms with Crippen molar-refractivity contribution in [1.82, 2.24) is 0 Å². The van der Waals surface area contributed by atoms with Crippen LogP contribution in [0.2, 0.25) is 0 Å². The summed E-state index contributed by atoms with van der Waals surface area (Å²) in [5.41, 5.74) is 4.53. The molecule has 7 nitrogen and oxygen atoms in total. The van der Waals surface area contributed by atoms with Crippen molar-refractivity contribution in [3.05, 3.63) is 95.1 Å². The van der Waals surface area contributed by atoms with Gasteiger partial charge in [-0.1, -0.05) is 42.5 Å². The molecule has 3 fully saturated rings. The number of aryl methyl sites for hydroxylation is 2. The average Bonchev–Trinajstić information content (AvgIpc) is 3.61. The Morgan fingerprint density at radius 2 is 1.62 bits per heavy atom. The van der Waals surface area contributed by atoms with Gasteiger partial charge in [0.05, 0.1) is 23.1 Å². The highest BCUT2D eigenvalue weighted by Gasteiger charge is 2.64. The Kier molecular flexibility index (Phi) is 6.29. The van der Waals surface area contributed by atoms with Crippen LogP contribution in [-0.4, -0.2) is 30.3 Å². The molecule has 1 heterocycles. The Bertz CT molecular complexity index is 1470. The topological polar surface area (TPSA) is 92.8 Å². The minimum absolute atomic E-state index is 0.137. The Morgan fingerprint density at radius 1 is 0.897 bits per heavy atom. The molecule has 1 saturated heterocycles. The van der Waals surface area contributed by atoms with Gasteiger partial charge in [-0.25, -0.2) is 4.79 Å². The van der Waals surface area contributed by atoms with Gasteiger partial charge < -0.3 is 10.1 Å². The van der Waals surface area contributed by atoms with Gasteiger partial charge in [-0.15, -0.1) is 0 Å². The fraction of sp³-hybridized carbons (Fsp3) is 0.312. The third-order valence-corrected chi connectivity index (χ3v) is 8.61. The largest absolute Gasteiger partial charge is 0.452 e. The van der Waals surface area contributed by atoms with Gasteiger partial charge in [0.15, 0.2) is 6.61 Å². The second-order valence-electron chi connectivity index (χ2n) is 11.0. The molecule has 3 aliphatic rings. The molecule has 0 radical (unpaired) electrons. The molecule has 0 spiro atoms. The highest BCUT2D eigenvalue weighted by atomic mass is 16.5. The lowest BCUT2D eigenvalue weighted by molar-refractivity contribution is -0.123. The van der Waals surface area contributed by atoms with Crippen molar-refractivity contribution in [3.8, 4) is 0 Å². The number of hydrogen-bond donors (Lipinski definition) is 1.